The molecule has 1 heteroatoms. The van der Waals surface area contributed by atoms with Crippen molar-refractivity contribution in [2.24, 2.45) is 0 Å². The maximum atomic E-state index is 2.22. The topological polar surface area (TPSA) is 0 Å². The van der Waals surface area contributed by atoms with E-state index < -0.39 is 0 Å². The number of hydrogen-bond donors (Lipinski definition) is 0. The van der Waals surface area contributed by atoms with Gasteiger partial charge in [-0.2, -0.15) is 0 Å². The molecule has 0 amide bonds. The molecule has 0 aromatic heterocycles. The summed E-state index contributed by atoms with van der Waals surface area (Å²) in [4.78, 5) is 0. The Kier molecular flexibility index (Phi) is 2.56. The van der Waals surface area contributed by atoms with Gasteiger partial charge < -0.3 is 0 Å². The maximum absolute atomic E-state index is 2.22. The summed E-state index contributed by atoms with van der Waals surface area (Å²) in [6.07, 6.45) is 1.10. The Labute approximate surface area is 98.2 Å². The second-order valence-corrected chi connectivity index (χ2v) is 3.49. The molecule has 72 valence electrons. The minimum Gasteiger partial charge on any atom is -0.0619 e. The summed E-state index contributed by atoms with van der Waals surface area (Å²) >= 11 is 0. The van der Waals surface area contributed by atoms with Crippen molar-refractivity contribution in [3.63, 3.8) is 0 Å². The third-order valence-corrected chi connectivity index (χ3v) is 2.71. The molecule has 0 atom stereocenters. The summed E-state index contributed by atoms with van der Waals surface area (Å²) < 4.78 is 0. The van der Waals surface area contributed by atoms with Crippen LogP contribution in [-0.4, -0.2) is 0 Å². The number of hydrogen-bond acceptors (Lipinski definition) is 0. The van der Waals surface area contributed by atoms with Crippen molar-refractivity contribution in [1.29, 1.82) is 0 Å². The van der Waals surface area contributed by atoms with Crippen LogP contribution in [0.15, 0.2) is 48.5 Å². The van der Waals surface area contributed by atoms with Crippen molar-refractivity contribution in [3.05, 3.63) is 59.7 Å². The summed E-state index contributed by atoms with van der Waals surface area (Å²) in [6, 6.07) is 17.3. The van der Waals surface area contributed by atoms with E-state index in [1.54, 1.807) is 0 Å². The minimum absolute atomic E-state index is 0. The first-order valence-electron chi connectivity index (χ1n) is 4.61. The summed E-state index contributed by atoms with van der Waals surface area (Å²) in [5, 5.41) is 0. The molecule has 0 fully saturated rings. The van der Waals surface area contributed by atoms with E-state index in [0.717, 1.165) is 6.42 Å². The first-order chi connectivity index (χ1) is 6.45. The molecular weight excluding hydrogens is 351 g/mol. The van der Waals surface area contributed by atoms with Crippen LogP contribution in [0.3, 0.4) is 0 Å². The maximum Gasteiger partial charge on any atom is 0 e. The van der Waals surface area contributed by atoms with E-state index in [-0.39, 0.29) is 21.1 Å². The fourth-order valence-corrected chi connectivity index (χ4v) is 2.08. The van der Waals surface area contributed by atoms with Crippen molar-refractivity contribution in [2.75, 3.05) is 0 Å². The Bertz CT molecular complexity index is 417. The zero-order chi connectivity index (χ0) is 8.67. The van der Waals surface area contributed by atoms with Gasteiger partial charge in [0.2, 0.25) is 0 Å². The molecule has 0 radical (unpaired) electrons. The van der Waals surface area contributed by atoms with Gasteiger partial charge in [0, 0.05) is 21.1 Å². The fourth-order valence-electron chi connectivity index (χ4n) is 2.08. The molecule has 1 aliphatic carbocycles. The van der Waals surface area contributed by atoms with Crippen LogP contribution in [0.4, 0.5) is 0 Å². The van der Waals surface area contributed by atoms with Crippen LogP contribution < -0.4 is 0 Å². The van der Waals surface area contributed by atoms with Crippen LogP contribution in [0.2, 0.25) is 0 Å². The average molecular weight is 361 g/mol. The first-order valence-corrected chi connectivity index (χ1v) is 4.61. The second kappa shape index (κ2) is 3.71. The van der Waals surface area contributed by atoms with E-state index >= 15 is 0 Å². The van der Waals surface area contributed by atoms with Crippen molar-refractivity contribution >= 4 is 0 Å². The molecule has 0 heterocycles. The zero-order valence-electron chi connectivity index (χ0n) is 7.64. The van der Waals surface area contributed by atoms with E-state index in [9.17, 15) is 0 Å². The molecule has 3 rings (SSSR count). The smallest absolute Gasteiger partial charge is 0 e. The molecule has 1 aliphatic rings. The van der Waals surface area contributed by atoms with Gasteiger partial charge in [-0.1, -0.05) is 48.5 Å². The number of rotatable bonds is 0. The third kappa shape index (κ3) is 1.35. The molecule has 0 unspecified atom stereocenters. The van der Waals surface area contributed by atoms with Crippen molar-refractivity contribution in [2.45, 2.75) is 6.42 Å². The Balaban J connectivity index is 0.000000750. The normalized spacial score (nSPS) is 11.4. The fraction of sp³-hybridized carbons (Fsp3) is 0.0769. The quantitative estimate of drug-likeness (QED) is 0.577. The van der Waals surface area contributed by atoms with Gasteiger partial charge in [0.1, 0.15) is 0 Å². The average Bonchev–Trinajstić information content (AvgIpc) is 2.56. The van der Waals surface area contributed by atoms with Crippen molar-refractivity contribution < 1.29 is 21.1 Å². The molecule has 2 aromatic rings. The molecule has 0 spiro atoms. The van der Waals surface area contributed by atoms with Crippen LogP contribution >= 0.6 is 0 Å². The second-order valence-electron chi connectivity index (χ2n) is 3.49. The van der Waals surface area contributed by atoms with Gasteiger partial charge in [-0.3, -0.25) is 0 Å². The molecular formula is C13H10Pt. The molecule has 14 heavy (non-hydrogen) atoms. The molecule has 0 bridgehead atoms. The molecule has 2 aromatic carbocycles. The van der Waals surface area contributed by atoms with E-state index in [1.807, 2.05) is 0 Å². The monoisotopic (exact) mass is 361 g/mol. The molecule has 0 N–H and O–H groups in total. The Morgan fingerprint density at radius 2 is 1.07 bits per heavy atom. The zero-order valence-corrected chi connectivity index (χ0v) is 9.91. The van der Waals surface area contributed by atoms with Crippen LogP contribution in [0, 0.1) is 0 Å². The van der Waals surface area contributed by atoms with Crippen molar-refractivity contribution in [3.8, 4) is 11.1 Å². The minimum atomic E-state index is 0. The first kappa shape index (κ1) is 9.67. The van der Waals surface area contributed by atoms with Crippen molar-refractivity contribution in [1.82, 2.24) is 0 Å². The van der Waals surface area contributed by atoms with E-state index in [2.05, 4.69) is 48.5 Å². The van der Waals surface area contributed by atoms with Crippen LogP contribution in [0.25, 0.3) is 11.1 Å². The number of fused-ring (bicyclic) bond motifs is 3. The predicted octanol–water partition coefficient (Wildman–Crippen LogP) is 3.26. The molecule has 0 aliphatic heterocycles. The van der Waals surface area contributed by atoms with Gasteiger partial charge in [0.25, 0.3) is 0 Å². The summed E-state index contributed by atoms with van der Waals surface area (Å²) in [5.74, 6) is 0. The molecule has 0 saturated carbocycles. The Hall–Kier alpha value is -0.872. The van der Waals surface area contributed by atoms with Crippen LogP contribution in [0.1, 0.15) is 11.1 Å². The molecule has 0 nitrogen and oxygen atoms in total. The van der Waals surface area contributed by atoms with Crippen LogP contribution in [0.5, 0.6) is 0 Å². The van der Waals surface area contributed by atoms with E-state index in [0.29, 0.717) is 0 Å². The summed E-state index contributed by atoms with van der Waals surface area (Å²) in [5.41, 5.74) is 5.75. The SMILES string of the molecule is [Pt].c1ccc2c(c1)Cc1ccccc1-2. The van der Waals surface area contributed by atoms with Gasteiger partial charge in [-0.25, -0.2) is 0 Å². The summed E-state index contributed by atoms with van der Waals surface area (Å²) in [7, 11) is 0. The number of benzene rings is 2. The summed E-state index contributed by atoms with van der Waals surface area (Å²) in [6.45, 7) is 0. The standard InChI is InChI=1S/C13H10.Pt/c1-3-7-12-10(5-1)9-11-6-2-4-8-13(11)12;/h1-8H,9H2;. The van der Waals surface area contributed by atoms with Gasteiger partial charge in [0.15, 0.2) is 0 Å². The predicted molar refractivity (Wildman–Crippen MR) is 54.7 cm³/mol. The van der Waals surface area contributed by atoms with Gasteiger partial charge in [-0.05, 0) is 28.7 Å². The van der Waals surface area contributed by atoms with Gasteiger partial charge >= 0.3 is 0 Å². The largest absolute Gasteiger partial charge is 0.0619 e. The van der Waals surface area contributed by atoms with E-state index in [1.165, 1.54) is 22.3 Å². The Morgan fingerprint density at radius 3 is 1.57 bits per heavy atom. The van der Waals surface area contributed by atoms with Gasteiger partial charge in [-0.15, -0.1) is 0 Å². The van der Waals surface area contributed by atoms with E-state index in [4.69, 9.17) is 0 Å². The molecule has 0 saturated heterocycles. The van der Waals surface area contributed by atoms with Crippen LogP contribution in [-0.2, 0) is 27.5 Å². The third-order valence-electron chi connectivity index (χ3n) is 2.71. The Morgan fingerprint density at radius 1 is 0.643 bits per heavy atom. The van der Waals surface area contributed by atoms with Gasteiger partial charge in [0.05, 0.1) is 0 Å².